The number of hydrogen-bond donors (Lipinski definition) is 2. The fourth-order valence-electron chi connectivity index (χ4n) is 3.71. The van der Waals surface area contributed by atoms with E-state index in [4.69, 9.17) is 0 Å². The van der Waals surface area contributed by atoms with Crippen LogP contribution < -0.4 is 10.6 Å². The van der Waals surface area contributed by atoms with Gasteiger partial charge < -0.3 is 15.5 Å². The van der Waals surface area contributed by atoms with Crippen molar-refractivity contribution >= 4 is 34.1 Å². The molecule has 1 atom stereocenters. The number of fused-ring (bicyclic) bond motifs is 1. The average molecular weight is 452 g/mol. The summed E-state index contributed by atoms with van der Waals surface area (Å²) in [6.45, 7) is 0.918. The molecule has 3 aromatic rings. The summed E-state index contributed by atoms with van der Waals surface area (Å²) in [6.07, 6.45) is 2.18. The number of hydrogen-bond acceptors (Lipinski definition) is 3. The van der Waals surface area contributed by atoms with Crippen molar-refractivity contribution in [1.29, 1.82) is 0 Å². The zero-order chi connectivity index (χ0) is 22.7. The van der Waals surface area contributed by atoms with Crippen LogP contribution in [0.1, 0.15) is 21.5 Å². The second kappa shape index (κ2) is 9.32. The summed E-state index contributed by atoms with van der Waals surface area (Å²) in [5.41, 5.74) is 3.18. The molecule has 8 heteroatoms. The van der Waals surface area contributed by atoms with Gasteiger partial charge in [0.05, 0.1) is 5.69 Å². The highest BCUT2D eigenvalue weighted by Crippen LogP contribution is 2.27. The van der Waals surface area contributed by atoms with Crippen LogP contribution in [0, 0.1) is 5.82 Å². The van der Waals surface area contributed by atoms with Crippen LogP contribution in [0.3, 0.4) is 0 Å². The summed E-state index contributed by atoms with van der Waals surface area (Å²) in [5.74, 6) is -0.607. The maximum atomic E-state index is 13.8. The molecule has 3 amide bonds. The Morgan fingerprint density at radius 1 is 0.938 bits per heavy atom. The van der Waals surface area contributed by atoms with Crippen LogP contribution in [0.25, 0.3) is 0 Å². The molecular weight excluding hydrogens is 429 g/mol. The predicted molar refractivity (Wildman–Crippen MR) is 123 cm³/mol. The van der Waals surface area contributed by atoms with E-state index in [1.54, 1.807) is 53.6 Å². The van der Waals surface area contributed by atoms with E-state index in [0.29, 0.717) is 35.7 Å². The molecule has 0 saturated carbocycles. The molecule has 2 N–H and O–H groups in total. The first-order valence-electron chi connectivity index (χ1n) is 10.1. The quantitative estimate of drug-likeness (QED) is 0.617. The maximum Gasteiger partial charge on any atom is 0.323 e. The van der Waals surface area contributed by atoms with Crippen LogP contribution in [0.4, 0.5) is 20.6 Å². The highest BCUT2D eigenvalue weighted by Gasteiger charge is 2.24. The SMILES string of the molecule is CS(=O)c1ccc(C(=O)N2CCc3c(cccc3NC(=O)Nc3ccccc3F)C2)cc1. The summed E-state index contributed by atoms with van der Waals surface area (Å²) >= 11 is 0. The van der Waals surface area contributed by atoms with Crippen LogP contribution >= 0.6 is 0 Å². The molecule has 0 saturated heterocycles. The normalized spacial score (nSPS) is 13.8. The molecule has 3 aromatic carbocycles. The van der Waals surface area contributed by atoms with Crippen LogP contribution in [0.2, 0.25) is 0 Å². The van der Waals surface area contributed by atoms with E-state index in [-0.39, 0.29) is 11.6 Å². The minimum absolute atomic E-state index is 0.0975. The summed E-state index contributed by atoms with van der Waals surface area (Å²) in [7, 11) is -1.09. The molecule has 0 aliphatic carbocycles. The monoisotopic (exact) mass is 451 g/mol. The molecule has 4 rings (SSSR count). The lowest BCUT2D eigenvalue weighted by Crippen LogP contribution is -2.36. The van der Waals surface area contributed by atoms with Crippen molar-refractivity contribution < 1.29 is 18.2 Å². The molecule has 1 aliphatic rings. The van der Waals surface area contributed by atoms with Crippen molar-refractivity contribution in [2.45, 2.75) is 17.9 Å². The largest absolute Gasteiger partial charge is 0.334 e. The van der Waals surface area contributed by atoms with Crippen LogP contribution in [-0.2, 0) is 23.8 Å². The number of amides is 3. The Balaban J connectivity index is 1.46. The minimum atomic E-state index is -1.09. The van der Waals surface area contributed by atoms with E-state index in [0.717, 1.165) is 11.1 Å². The van der Waals surface area contributed by atoms with Crippen LogP contribution in [0.15, 0.2) is 71.6 Å². The molecule has 0 bridgehead atoms. The van der Waals surface area contributed by atoms with E-state index in [9.17, 15) is 18.2 Å². The lowest BCUT2D eigenvalue weighted by molar-refractivity contribution is 0.0734. The first-order valence-corrected chi connectivity index (χ1v) is 11.6. The standard InChI is InChI=1S/C24H22FN3O3S/c1-32(31)18-11-9-16(10-12-18)23(29)28-14-13-19-17(15-28)5-4-8-21(19)26-24(30)27-22-7-3-2-6-20(22)25/h2-12H,13-15H2,1H3,(H2,26,27,30). The third kappa shape index (κ3) is 4.70. The molecule has 0 fully saturated rings. The molecule has 1 heterocycles. The molecule has 0 aromatic heterocycles. The Kier molecular flexibility index (Phi) is 6.32. The third-order valence-electron chi connectivity index (χ3n) is 5.36. The number of anilines is 2. The summed E-state index contributed by atoms with van der Waals surface area (Å²) in [4.78, 5) is 27.7. The number of benzene rings is 3. The summed E-state index contributed by atoms with van der Waals surface area (Å²) < 4.78 is 25.3. The third-order valence-corrected chi connectivity index (χ3v) is 6.29. The number of para-hydroxylation sites is 1. The topological polar surface area (TPSA) is 78.5 Å². The molecule has 0 radical (unpaired) electrons. The second-order valence-corrected chi connectivity index (χ2v) is 8.84. The molecule has 1 unspecified atom stereocenters. The summed E-state index contributed by atoms with van der Waals surface area (Å²) in [5, 5.41) is 5.30. The van der Waals surface area contributed by atoms with Crippen LogP contribution in [-0.4, -0.2) is 33.8 Å². The van der Waals surface area contributed by atoms with Crippen molar-refractivity contribution in [2.75, 3.05) is 23.4 Å². The Bertz CT molecular complexity index is 1200. The number of carbonyl (C=O) groups is 2. The van der Waals surface area contributed by atoms with E-state index in [1.165, 1.54) is 12.1 Å². The molecule has 32 heavy (non-hydrogen) atoms. The van der Waals surface area contributed by atoms with Gasteiger partial charge in [-0.2, -0.15) is 0 Å². The number of nitrogens with zero attached hydrogens (tertiary/aromatic N) is 1. The van der Waals surface area contributed by atoms with Gasteiger partial charge in [0.1, 0.15) is 5.82 Å². The van der Waals surface area contributed by atoms with Crippen molar-refractivity contribution in [3.05, 3.63) is 89.2 Å². The Hall–Kier alpha value is -3.52. The van der Waals surface area contributed by atoms with Gasteiger partial charge in [-0.25, -0.2) is 9.18 Å². The zero-order valence-corrected chi connectivity index (χ0v) is 18.2. The van der Waals surface area contributed by atoms with Crippen LogP contribution in [0.5, 0.6) is 0 Å². The van der Waals surface area contributed by atoms with E-state index in [1.807, 2.05) is 12.1 Å². The van der Waals surface area contributed by atoms with Gasteiger partial charge in [0.25, 0.3) is 5.91 Å². The van der Waals surface area contributed by atoms with Crippen molar-refractivity contribution in [1.82, 2.24) is 4.90 Å². The molecule has 6 nitrogen and oxygen atoms in total. The lowest BCUT2D eigenvalue weighted by Gasteiger charge is -2.30. The summed E-state index contributed by atoms with van der Waals surface area (Å²) in [6, 6.07) is 17.8. The van der Waals surface area contributed by atoms with E-state index in [2.05, 4.69) is 10.6 Å². The van der Waals surface area contributed by atoms with Gasteiger partial charge in [-0.3, -0.25) is 9.00 Å². The molecule has 1 aliphatic heterocycles. The average Bonchev–Trinajstić information content (AvgIpc) is 2.80. The Morgan fingerprint density at radius 3 is 2.34 bits per heavy atom. The predicted octanol–water partition coefficient (Wildman–Crippen LogP) is 4.41. The maximum absolute atomic E-state index is 13.8. The lowest BCUT2D eigenvalue weighted by atomic mass is 9.97. The number of nitrogens with one attached hydrogen (secondary N) is 2. The number of halogens is 1. The van der Waals surface area contributed by atoms with E-state index >= 15 is 0 Å². The van der Waals surface area contributed by atoms with Crippen molar-refractivity contribution in [3.8, 4) is 0 Å². The van der Waals surface area contributed by atoms with Crippen molar-refractivity contribution in [2.24, 2.45) is 0 Å². The van der Waals surface area contributed by atoms with Gasteiger partial charge in [-0.1, -0.05) is 24.3 Å². The first kappa shape index (κ1) is 21.7. The molecular formula is C24H22FN3O3S. The highest BCUT2D eigenvalue weighted by atomic mass is 32.2. The van der Waals surface area contributed by atoms with Gasteiger partial charge in [0.2, 0.25) is 0 Å². The first-order chi connectivity index (χ1) is 15.4. The number of urea groups is 1. The fraction of sp³-hybridized carbons (Fsp3) is 0.167. The van der Waals surface area contributed by atoms with E-state index < -0.39 is 22.6 Å². The molecule has 164 valence electrons. The second-order valence-electron chi connectivity index (χ2n) is 7.46. The van der Waals surface area contributed by atoms with Gasteiger partial charge >= 0.3 is 6.03 Å². The minimum Gasteiger partial charge on any atom is -0.334 e. The van der Waals surface area contributed by atoms with Gasteiger partial charge in [0.15, 0.2) is 0 Å². The smallest absolute Gasteiger partial charge is 0.323 e. The van der Waals surface area contributed by atoms with Crippen molar-refractivity contribution in [3.63, 3.8) is 0 Å². The fourth-order valence-corrected chi connectivity index (χ4v) is 4.23. The zero-order valence-electron chi connectivity index (χ0n) is 17.4. The molecule has 0 spiro atoms. The highest BCUT2D eigenvalue weighted by molar-refractivity contribution is 7.84. The van der Waals surface area contributed by atoms with Gasteiger partial charge in [-0.15, -0.1) is 0 Å². The van der Waals surface area contributed by atoms with Gasteiger partial charge in [0, 0.05) is 46.3 Å². The number of carbonyl (C=O) groups excluding carboxylic acids is 2. The van der Waals surface area contributed by atoms with Gasteiger partial charge in [-0.05, 0) is 60.0 Å². The number of rotatable bonds is 4. The Morgan fingerprint density at radius 2 is 1.62 bits per heavy atom. The Labute approximate surface area is 187 Å².